The maximum Gasteiger partial charge on any atom is 0.308 e. The van der Waals surface area contributed by atoms with Crippen LogP contribution in [0, 0.1) is 5.92 Å². The van der Waals surface area contributed by atoms with Crippen molar-refractivity contribution in [2.24, 2.45) is 5.92 Å². The lowest BCUT2D eigenvalue weighted by atomic mass is 10.0. The first-order valence-electron chi connectivity index (χ1n) is 6.43. The molecule has 0 bridgehead atoms. The molecule has 1 amide bonds. The molecular weight excluding hydrogens is 301 g/mol. The van der Waals surface area contributed by atoms with E-state index < -0.39 is 11.9 Å². The van der Waals surface area contributed by atoms with E-state index in [1.807, 2.05) is 0 Å². The number of carboxylic acid groups (broad SMARTS) is 1. The molecule has 0 saturated heterocycles. The molecule has 0 spiro atoms. The minimum absolute atomic E-state index is 0.124. The van der Waals surface area contributed by atoms with Crippen molar-refractivity contribution in [2.75, 3.05) is 0 Å². The number of amides is 1. The third-order valence-corrected chi connectivity index (χ3v) is 4.13. The Balaban J connectivity index is 1.97. The Hall–Kier alpha value is -1.26. The van der Waals surface area contributed by atoms with Crippen LogP contribution in [0.1, 0.15) is 24.8 Å². The Kier molecular flexibility index (Phi) is 4.89. The van der Waals surface area contributed by atoms with Gasteiger partial charge in [-0.15, -0.1) is 0 Å². The van der Waals surface area contributed by atoms with E-state index in [1.165, 1.54) is 0 Å². The lowest BCUT2D eigenvalue weighted by Crippen LogP contribution is -2.40. The van der Waals surface area contributed by atoms with Crippen molar-refractivity contribution in [3.63, 3.8) is 0 Å². The van der Waals surface area contributed by atoms with E-state index in [1.54, 1.807) is 18.2 Å². The highest BCUT2D eigenvalue weighted by Crippen LogP contribution is 2.26. The molecule has 0 radical (unpaired) electrons. The number of hydrogen-bond donors (Lipinski definition) is 2. The van der Waals surface area contributed by atoms with Crippen molar-refractivity contribution in [1.29, 1.82) is 0 Å². The zero-order valence-electron chi connectivity index (χ0n) is 10.7. The lowest BCUT2D eigenvalue weighted by Gasteiger charge is -2.17. The van der Waals surface area contributed by atoms with Gasteiger partial charge in [0.05, 0.1) is 12.3 Å². The van der Waals surface area contributed by atoms with Crippen molar-refractivity contribution >= 4 is 35.1 Å². The topological polar surface area (TPSA) is 66.4 Å². The first-order valence-corrected chi connectivity index (χ1v) is 7.19. The Labute approximate surface area is 127 Å². The number of nitrogens with one attached hydrogen (secondary N) is 1. The zero-order chi connectivity index (χ0) is 14.7. The van der Waals surface area contributed by atoms with Crippen molar-refractivity contribution < 1.29 is 14.7 Å². The molecule has 4 nitrogen and oxygen atoms in total. The summed E-state index contributed by atoms with van der Waals surface area (Å²) in [6.45, 7) is 0. The fourth-order valence-electron chi connectivity index (χ4n) is 2.52. The molecular formula is C14H15Cl2NO3. The smallest absolute Gasteiger partial charge is 0.308 e. The van der Waals surface area contributed by atoms with E-state index in [9.17, 15) is 9.59 Å². The molecule has 0 heterocycles. The molecule has 2 atom stereocenters. The van der Waals surface area contributed by atoms with Gasteiger partial charge in [-0.05, 0) is 30.5 Å². The number of hydrogen-bond acceptors (Lipinski definition) is 2. The fourth-order valence-corrected chi connectivity index (χ4v) is 3.00. The summed E-state index contributed by atoms with van der Waals surface area (Å²) in [5.41, 5.74) is 0.679. The summed E-state index contributed by atoms with van der Waals surface area (Å²) in [4.78, 5) is 23.0. The van der Waals surface area contributed by atoms with Crippen LogP contribution in [-0.4, -0.2) is 23.0 Å². The molecule has 1 aromatic rings. The molecule has 1 aliphatic carbocycles. The molecule has 20 heavy (non-hydrogen) atoms. The van der Waals surface area contributed by atoms with E-state index in [2.05, 4.69) is 5.32 Å². The minimum atomic E-state index is -0.850. The number of halogens is 2. The van der Waals surface area contributed by atoms with Crippen molar-refractivity contribution in [3.05, 3.63) is 33.8 Å². The average Bonchev–Trinajstić information content (AvgIpc) is 2.81. The van der Waals surface area contributed by atoms with E-state index in [0.29, 0.717) is 28.5 Å². The maximum absolute atomic E-state index is 12.0. The largest absolute Gasteiger partial charge is 0.481 e. The molecule has 1 aromatic carbocycles. The summed E-state index contributed by atoms with van der Waals surface area (Å²) in [7, 11) is 0. The van der Waals surface area contributed by atoms with Crippen molar-refractivity contribution in [1.82, 2.24) is 5.32 Å². The number of benzene rings is 1. The van der Waals surface area contributed by atoms with Gasteiger partial charge in [0, 0.05) is 16.1 Å². The number of aliphatic carboxylic acids is 1. The highest BCUT2D eigenvalue weighted by atomic mass is 35.5. The quantitative estimate of drug-likeness (QED) is 0.897. The van der Waals surface area contributed by atoms with Gasteiger partial charge in [-0.2, -0.15) is 0 Å². The van der Waals surface area contributed by atoms with E-state index in [4.69, 9.17) is 28.3 Å². The minimum Gasteiger partial charge on any atom is -0.481 e. The Morgan fingerprint density at radius 2 is 2.05 bits per heavy atom. The van der Waals surface area contributed by atoms with Gasteiger partial charge in [0.2, 0.25) is 5.91 Å². The normalized spacial score (nSPS) is 21.7. The van der Waals surface area contributed by atoms with Gasteiger partial charge in [0.25, 0.3) is 0 Å². The Bertz CT molecular complexity index is 533. The molecule has 6 heteroatoms. The van der Waals surface area contributed by atoms with Gasteiger partial charge in [-0.25, -0.2) is 0 Å². The summed E-state index contributed by atoms with van der Waals surface area (Å²) in [5.74, 6) is -1.55. The van der Waals surface area contributed by atoms with Gasteiger partial charge >= 0.3 is 5.97 Å². The van der Waals surface area contributed by atoms with Crippen LogP contribution >= 0.6 is 23.2 Å². The molecule has 2 unspecified atom stereocenters. The van der Waals surface area contributed by atoms with Crippen molar-refractivity contribution in [3.8, 4) is 0 Å². The maximum atomic E-state index is 12.0. The van der Waals surface area contributed by atoms with Crippen LogP contribution in [0.3, 0.4) is 0 Å². The van der Waals surface area contributed by atoms with Crippen LogP contribution in [0.15, 0.2) is 18.2 Å². The molecule has 2 rings (SSSR count). The second-order valence-electron chi connectivity index (χ2n) is 4.96. The van der Waals surface area contributed by atoms with Crippen LogP contribution < -0.4 is 5.32 Å². The number of carboxylic acids is 1. The fraction of sp³-hybridized carbons (Fsp3) is 0.429. The van der Waals surface area contributed by atoms with E-state index >= 15 is 0 Å². The van der Waals surface area contributed by atoms with Gasteiger partial charge in [0.15, 0.2) is 0 Å². The first-order chi connectivity index (χ1) is 9.47. The second kappa shape index (κ2) is 6.46. The average molecular weight is 316 g/mol. The van der Waals surface area contributed by atoms with Crippen LogP contribution in [-0.2, 0) is 16.0 Å². The summed E-state index contributed by atoms with van der Waals surface area (Å²) < 4.78 is 0. The summed E-state index contributed by atoms with van der Waals surface area (Å²) in [5, 5.41) is 12.8. The summed E-state index contributed by atoms with van der Waals surface area (Å²) >= 11 is 11.8. The number of carbonyl (C=O) groups is 2. The summed E-state index contributed by atoms with van der Waals surface area (Å²) in [6.07, 6.45) is 2.27. The number of carbonyl (C=O) groups excluding carboxylic acids is 1. The predicted molar refractivity (Wildman–Crippen MR) is 77.1 cm³/mol. The van der Waals surface area contributed by atoms with Crippen molar-refractivity contribution in [2.45, 2.75) is 31.7 Å². The number of rotatable bonds is 4. The molecule has 1 fully saturated rings. The molecule has 108 valence electrons. The highest BCUT2D eigenvalue weighted by molar-refractivity contribution is 6.35. The monoisotopic (exact) mass is 315 g/mol. The third kappa shape index (κ3) is 3.64. The Morgan fingerprint density at radius 1 is 1.30 bits per heavy atom. The second-order valence-corrected chi connectivity index (χ2v) is 5.81. The molecule has 0 aromatic heterocycles. The van der Waals surface area contributed by atoms with Gasteiger partial charge in [-0.1, -0.05) is 35.7 Å². The molecule has 0 aliphatic heterocycles. The highest BCUT2D eigenvalue weighted by Gasteiger charge is 2.33. The van der Waals surface area contributed by atoms with Gasteiger partial charge in [-0.3, -0.25) is 9.59 Å². The molecule has 2 N–H and O–H groups in total. The van der Waals surface area contributed by atoms with Crippen LogP contribution in [0.5, 0.6) is 0 Å². The standard InChI is InChI=1S/C14H15Cl2NO3/c15-9-5-4-8(11(16)7-9)6-13(18)17-12-3-1-2-10(12)14(19)20/h4-5,7,10,12H,1-3,6H2,(H,17,18)(H,19,20). The van der Waals surface area contributed by atoms with Crippen LogP contribution in [0.25, 0.3) is 0 Å². The van der Waals surface area contributed by atoms with Gasteiger partial charge in [0.1, 0.15) is 0 Å². The van der Waals surface area contributed by atoms with Gasteiger partial charge < -0.3 is 10.4 Å². The van der Waals surface area contributed by atoms with E-state index in [-0.39, 0.29) is 18.4 Å². The molecule has 1 aliphatic rings. The lowest BCUT2D eigenvalue weighted by molar-refractivity contribution is -0.142. The third-order valence-electron chi connectivity index (χ3n) is 3.55. The Morgan fingerprint density at radius 3 is 2.70 bits per heavy atom. The van der Waals surface area contributed by atoms with Crippen LogP contribution in [0.2, 0.25) is 10.0 Å². The molecule has 1 saturated carbocycles. The summed E-state index contributed by atoms with van der Waals surface area (Å²) in [6, 6.07) is 4.67. The first kappa shape index (κ1) is 15.1. The van der Waals surface area contributed by atoms with Crippen LogP contribution in [0.4, 0.5) is 0 Å². The predicted octanol–water partition coefficient (Wildman–Crippen LogP) is 2.91. The zero-order valence-corrected chi connectivity index (χ0v) is 12.2. The SMILES string of the molecule is O=C(Cc1ccc(Cl)cc1Cl)NC1CCCC1C(=O)O. The van der Waals surface area contributed by atoms with E-state index in [0.717, 1.165) is 6.42 Å².